The van der Waals surface area contributed by atoms with E-state index in [0.29, 0.717) is 34.5 Å². The summed E-state index contributed by atoms with van der Waals surface area (Å²) in [6.07, 6.45) is 1.45. The van der Waals surface area contributed by atoms with Crippen molar-refractivity contribution in [2.45, 2.75) is 31.7 Å². The normalized spacial score (nSPS) is 15.2. The lowest BCUT2D eigenvalue weighted by atomic mass is 10.1. The first-order valence-electron chi connectivity index (χ1n) is 8.92. The summed E-state index contributed by atoms with van der Waals surface area (Å²) in [5.41, 5.74) is 3.44. The third-order valence-electron chi connectivity index (χ3n) is 4.43. The molecule has 0 unspecified atom stereocenters. The Labute approximate surface area is 167 Å². The van der Waals surface area contributed by atoms with Crippen molar-refractivity contribution in [3.63, 3.8) is 0 Å². The zero-order valence-electron chi connectivity index (χ0n) is 15.8. The van der Waals surface area contributed by atoms with Gasteiger partial charge >= 0.3 is 0 Å². The van der Waals surface area contributed by atoms with E-state index in [4.69, 9.17) is 4.74 Å². The van der Waals surface area contributed by atoms with E-state index in [9.17, 15) is 4.79 Å². The zero-order chi connectivity index (χ0) is 19.7. The molecule has 7 nitrogen and oxygen atoms in total. The number of carbonyl (C=O) groups excluding carboxylic acids is 1. The average Bonchev–Trinajstić information content (AvgIpc) is 2.87. The summed E-state index contributed by atoms with van der Waals surface area (Å²) in [4.78, 5) is 23.7. The number of hydrogen-bond acceptors (Lipinski definition) is 7. The first kappa shape index (κ1) is 18.4. The third-order valence-corrected chi connectivity index (χ3v) is 4.97. The number of fused-ring (bicyclic) bond motifs is 3. The Morgan fingerprint density at radius 1 is 1.14 bits per heavy atom. The number of amides is 1. The van der Waals surface area contributed by atoms with Crippen molar-refractivity contribution in [3.8, 4) is 17.1 Å². The van der Waals surface area contributed by atoms with Crippen LogP contribution in [0.15, 0.2) is 47.6 Å². The maximum atomic E-state index is 13.0. The largest absolute Gasteiger partial charge is 0.445 e. The lowest BCUT2D eigenvalue weighted by Gasteiger charge is -2.30. The second-order valence-electron chi connectivity index (χ2n) is 6.26. The zero-order valence-corrected chi connectivity index (χ0v) is 16.6. The molecule has 0 radical (unpaired) electrons. The molecular weight excluding hydrogens is 374 g/mol. The number of nitrogens with zero attached hydrogens (tertiary/aromatic N) is 5. The number of rotatable bonds is 3. The lowest BCUT2D eigenvalue weighted by Crippen LogP contribution is -2.37. The summed E-state index contributed by atoms with van der Waals surface area (Å²) in [6, 6.07) is 13.2. The van der Waals surface area contributed by atoms with Gasteiger partial charge in [-0.3, -0.25) is 14.7 Å². The fourth-order valence-corrected chi connectivity index (χ4v) is 3.43. The predicted molar refractivity (Wildman–Crippen MR) is 107 cm³/mol. The van der Waals surface area contributed by atoms with Gasteiger partial charge in [-0.1, -0.05) is 43.0 Å². The van der Waals surface area contributed by atoms with Crippen LogP contribution in [0.1, 0.15) is 31.0 Å². The molecule has 0 aliphatic carbocycles. The topological polar surface area (TPSA) is 81.1 Å². The molecule has 4 rings (SSSR count). The van der Waals surface area contributed by atoms with Crippen LogP contribution in [0.2, 0.25) is 0 Å². The molecule has 28 heavy (non-hydrogen) atoms. The standard InChI is InChI=1S/C20H19N5O2S/c1-4-16(26)25-15-11-6-5-9-13(15)17-18(22-20(28-3)24-23-17)27-19(25)14-10-7-8-12(2)21-14/h5-11,19H,4H2,1-3H3/t19-/m1/s1. The van der Waals surface area contributed by atoms with Crippen LogP contribution in [-0.4, -0.2) is 32.3 Å². The first-order valence-corrected chi connectivity index (χ1v) is 10.1. The number of ether oxygens (including phenoxy) is 1. The van der Waals surface area contributed by atoms with E-state index in [1.165, 1.54) is 11.8 Å². The van der Waals surface area contributed by atoms with Gasteiger partial charge in [0.05, 0.1) is 5.69 Å². The maximum absolute atomic E-state index is 13.0. The maximum Gasteiger partial charge on any atom is 0.247 e. The number of aryl methyl sites for hydroxylation is 1. The van der Waals surface area contributed by atoms with Crippen LogP contribution < -0.4 is 9.64 Å². The number of anilines is 1. The lowest BCUT2D eigenvalue weighted by molar-refractivity contribution is -0.120. The number of para-hydroxylation sites is 1. The minimum absolute atomic E-state index is 0.0772. The number of aromatic nitrogens is 4. The Kier molecular flexibility index (Phi) is 4.95. The van der Waals surface area contributed by atoms with Crippen molar-refractivity contribution < 1.29 is 9.53 Å². The molecule has 142 valence electrons. The minimum atomic E-state index is -0.749. The quantitative estimate of drug-likeness (QED) is 0.626. The van der Waals surface area contributed by atoms with Gasteiger partial charge in [-0.05, 0) is 31.4 Å². The fourth-order valence-electron chi connectivity index (χ4n) is 3.13. The van der Waals surface area contributed by atoms with Crippen LogP contribution in [-0.2, 0) is 4.79 Å². The highest BCUT2D eigenvalue weighted by Crippen LogP contribution is 2.43. The number of carbonyl (C=O) groups is 1. The van der Waals surface area contributed by atoms with Crippen molar-refractivity contribution in [1.29, 1.82) is 0 Å². The summed E-state index contributed by atoms with van der Waals surface area (Å²) in [5.74, 6) is 0.262. The molecule has 0 spiro atoms. The molecule has 3 heterocycles. The van der Waals surface area contributed by atoms with Gasteiger partial charge in [0.15, 0.2) is 5.69 Å². The molecule has 1 aromatic carbocycles. The van der Waals surface area contributed by atoms with Gasteiger partial charge in [0.2, 0.25) is 23.2 Å². The Morgan fingerprint density at radius 3 is 2.71 bits per heavy atom. The van der Waals surface area contributed by atoms with E-state index in [2.05, 4.69) is 20.2 Å². The highest BCUT2D eigenvalue weighted by molar-refractivity contribution is 7.98. The van der Waals surface area contributed by atoms with E-state index in [-0.39, 0.29) is 5.91 Å². The van der Waals surface area contributed by atoms with Crippen molar-refractivity contribution in [1.82, 2.24) is 20.2 Å². The molecule has 2 aromatic heterocycles. The number of hydrogen-bond donors (Lipinski definition) is 0. The molecule has 8 heteroatoms. The molecule has 0 fully saturated rings. The molecule has 3 aromatic rings. The summed E-state index contributed by atoms with van der Waals surface area (Å²) >= 11 is 1.38. The second kappa shape index (κ2) is 7.55. The first-order chi connectivity index (χ1) is 13.6. The smallest absolute Gasteiger partial charge is 0.247 e. The number of pyridine rings is 1. The van der Waals surface area contributed by atoms with Crippen molar-refractivity contribution >= 4 is 23.4 Å². The van der Waals surface area contributed by atoms with E-state index in [0.717, 1.165) is 11.3 Å². The second-order valence-corrected chi connectivity index (χ2v) is 7.03. The Morgan fingerprint density at radius 2 is 1.96 bits per heavy atom. The van der Waals surface area contributed by atoms with Crippen LogP contribution in [0.4, 0.5) is 5.69 Å². The molecule has 1 aliphatic heterocycles. The molecular formula is C20H19N5O2S. The summed E-state index contributed by atoms with van der Waals surface area (Å²) in [5, 5.41) is 9.00. The summed E-state index contributed by atoms with van der Waals surface area (Å²) in [7, 11) is 0. The van der Waals surface area contributed by atoms with Crippen LogP contribution in [0, 0.1) is 6.92 Å². The molecule has 0 saturated carbocycles. The van der Waals surface area contributed by atoms with Crippen LogP contribution in [0.25, 0.3) is 11.3 Å². The van der Waals surface area contributed by atoms with Gasteiger partial charge in [0, 0.05) is 17.7 Å². The van der Waals surface area contributed by atoms with E-state index < -0.39 is 6.23 Å². The summed E-state index contributed by atoms with van der Waals surface area (Å²) < 4.78 is 6.27. The average molecular weight is 393 g/mol. The molecule has 1 aliphatic rings. The van der Waals surface area contributed by atoms with Gasteiger partial charge in [0.1, 0.15) is 5.69 Å². The molecule has 0 saturated heterocycles. The number of thioether (sulfide) groups is 1. The Balaban J connectivity index is 1.98. The van der Waals surface area contributed by atoms with Gasteiger partial charge in [-0.25, -0.2) is 0 Å². The monoisotopic (exact) mass is 393 g/mol. The molecule has 1 atom stereocenters. The van der Waals surface area contributed by atoms with E-state index in [1.54, 1.807) is 4.90 Å². The van der Waals surface area contributed by atoms with Gasteiger partial charge < -0.3 is 4.74 Å². The highest BCUT2D eigenvalue weighted by atomic mass is 32.2. The fraction of sp³-hybridized carbons (Fsp3) is 0.250. The van der Waals surface area contributed by atoms with E-state index in [1.807, 2.05) is 62.6 Å². The van der Waals surface area contributed by atoms with Crippen molar-refractivity contribution in [3.05, 3.63) is 53.9 Å². The predicted octanol–water partition coefficient (Wildman–Crippen LogP) is 3.80. The highest BCUT2D eigenvalue weighted by Gasteiger charge is 2.36. The van der Waals surface area contributed by atoms with Gasteiger partial charge in [-0.15, -0.1) is 10.2 Å². The van der Waals surface area contributed by atoms with Crippen molar-refractivity contribution in [2.75, 3.05) is 11.2 Å². The Bertz CT molecular complexity index is 1040. The van der Waals surface area contributed by atoms with Gasteiger partial charge in [-0.2, -0.15) is 4.98 Å². The van der Waals surface area contributed by atoms with Crippen LogP contribution in [0.5, 0.6) is 5.88 Å². The molecule has 0 bridgehead atoms. The van der Waals surface area contributed by atoms with Crippen LogP contribution >= 0.6 is 11.8 Å². The third kappa shape index (κ3) is 3.20. The van der Waals surface area contributed by atoms with Gasteiger partial charge in [0.25, 0.3) is 0 Å². The molecule has 1 amide bonds. The van der Waals surface area contributed by atoms with Crippen molar-refractivity contribution in [2.24, 2.45) is 0 Å². The van der Waals surface area contributed by atoms with E-state index >= 15 is 0 Å². The van der Waals surface area contributed by atoms with Crippen LogP contribution in [0.3, 0.4) is 0 Å². The number of benzene rings is 1. The molecule has 0 N–H and O–H groups in total. The SMILES string of the molecule is CCC(=O)N1c2ccccc2-c2nnc(SC)nc2O[C@@H]1c1cccc(C)n1. The summed E-state index contributed by atoms with van der Waals surface area (Å²) in [6.45, 7) is 3.73. The minimum Gasteiger partial charge on any atom is -0.445 e. The Hall–Kier alpha value is -3.00.